The molecular formula is C28H38N2O5. The fourth-order valence-electron chi connectivity index (χ4n) is 4.51. The van der Waals surface area contributed by atoms with E-state index in [2.05, 4.69) is 5.32 Å². The molecule has 0 heterocycles. The lowest BCUT2D eigenvalue weighted by atomic mass is 9.95. The fourth-order valence-corrected chi connectivity index (χ4v) is 4.51. The summed E-state index contributed by atoms with van der Waals surface area (Å²) in [6.45, 7) is 2.17. The first-order valence-electron chi connectivity index (χ1n) is 12.4. The molecule has 0 radical (unpaired) electrons. The fraction of sp³-hybridized carbons (Fsp3) is 0.500. The molecule has 1 aliphatic carbocycles. The molecular weight excluding hydrogens is 444 g/mol. The average Bonchev–Trinajstić information content (AvgIpc) is 2.90. The minimum Gasteiger partial charge on any atom is -0.497 e. The molecule has 0 spiro atoms. The SMILES string of the molecule is COc1ccc(CN(C(=O)CCc2ccc(OC)c(OC)c2)[C@@H](C)C(=O)NC2CCCCC2)cc1. The van der Waals surface area contributed by atoms with E-state index in [4.69, 9.17) is 14.2 Å². The predicted octanol–water partition coefficient (Wildman–Crippen LogP) is 4.51. The molecule has 2 aromatic carbocycles. The number of aryl methyl sites for hydroxylation is 1. The van der Waals surface area contributed by atoms with E-state index in [1.165, 1.54) is 6.42 Å². The highest BCUT2D eigenvalue weighted by Crippen LogP contribution is 2.28. The van der Waals surface area contributed by atoms with E-state index in [1.54, 1.807) is 26.2 Å². The number of methoxy groups -OCH3 is 3. The maximum Gasteiger partial charge on any atom is 0.242 e. The molecule has 2 aromatic rings. The first-order chi connectivity index (χ1) is 16.9. The average molecular weight is 483 g/mol. The van der Waals surface area contributed by atoms with E-state index in [-0.39, 0.29) is 24.3 Å². The third kappa shape index (κ3) is 7.38. The van der Waals surface area contributed by atoms with Crippen LogP contribution in [0.15, 0.2) is 42.5 Å². The summed E-state index contributed by atoms with van der Waals surface area (Å²) < 4.78 is 15.9. The molecule has 0 aromatic heterocycles. The number of benzene rings is 2. The van der Waals surface area contributed by atoms with Gasteiger partial charge in [-0.15, -0.1) is 0 Å². The van der Waals surface area contributed by atoms with Crippen LogP contribution in [0.5, 0.6) is 17.2 Å². The summed E-state index contributed by atoms with van der Waals surface area (Å²) in [5, 5.41) is 3.18. The quantitative estimate of drug-likeness (QED) is 0.510. The first-order valence-corrected chi connectivity index (χ1v) is 12.4. The number of nitrogens with one attached hydrogen (secondary N) is 1. The Labute approximate surface area is 208 Å². The number of carbonyl (C=O) groups is 2. The van der Waals surface area contributed by atoms with E-state index in [9.17, 15) is 9.59 Å². The molecule has 1 saturated carbocycles. The lowest BCUT2D eigenvalue weighted by molar-refractivity contribution is -0.141. The normalized spacial score (nSPS) is 14.6. The zero-order chi connectivity index (χ0) is 25.2. The van der Waals surface area contributed by atoms with Gasteiger partial charge in [0.05, 0.1) is 21.3 Å². The van der Waals surface area contributed by atoms with Crippen LogP contribution in [-0.2, 0) is 22.6 Å². The van der Waals surface area contributed by atoms with Crippen molar-refractivity contribution < 1.29 is 23.8 Å². The molecule has 7 nitrogen and oxygen atoms in total. The maximum absolute atomic E-state index is 13.4. The predicted molar refractivity (Wildman–Crippen MR) is 136 cm³/mol. The summed E-state index contributed by atoms with van der Waals surface area (Å²) >= 11 is 0. The van der Waals surface area contributed by atoms with Crippen LogP contribution in [-0.4, -0.2) is 50.1 Å². The van der Waals surface area contributed by atoms with Crippen LogP contribution in [0.2, 0.25) is 0 Å². The van der Waals surface area contributed by atoms with Crippen molar-refractivity contribution in [2.45, 2.75) is 70.5 Å². The molecule has 7 heteroatoms. The van der Waals surface area contributed by atoms with E-state index >= 15 is 0 Å². The lowest BCUT2D eigenvalue weighted by Crippen LogP contribution is -2.50. The summed E-state index contributed by atoms with van der Waals surface area (Å²) in [4.78, 5) is 28.2. The standard InChI is InChI=1S/C28H38N2O5/c1-20(28(32)29-23-8-6-5-7-9-23)30(19-22-10-14-24(33-2)15-11-22)27(31)17-13-21-12-16-25(34-3)26(18-21)35-4/h10-12,14-16,18,20,23H,5-9,13,17,19H2,1-4H3,(H,29,32)/t20-/m0/s1. The Morgan fingerprint density at radius 3 is 2.20 bits per heavy atom. The smallest absolute Gasteiger partial charge is 0.242 e. The molecule has 0 unspecified atom stereocenters. The van der Waals surface area contributed by atoms with Crippen molar-refractivity contribution in [2.75, 3.05) is 21.3 Å². The third-order valence-electron chi connectivity index (χ3n) is 6.71. The van der Waals surface area contributed by atoms with Crippen LogP contribution in [0.1, 0.15) is 56.6 Å². The minimum atomic E-state index is -0.572. The van der Waals surface area contributed by atoms with Crippen molar-refractivity contribution in [3.8, 4) is 17.2 Å². The van der Waals surface area contributed by atoms with Crippen LogP contribution in [0, 0.1) is 0 Å². The summed E-state index contributed by atoms with van der Waals surface area (Å²) in [5.74, 6) is 1.87. The molecule has 0 aliphatic heterocycles. The number of hydrogen-bond donors (Lipinski definition) is 1. The highest BCUT2D eigenvalue weighted by molar-refractivity contribution is 5.87. The second-order valence-corrected chi connectivity index (χ2v) is 9.08. The number of amides is 2. The van der Waals surface area contributed by atoms with Gasteiger partial charge in [0.2, 0.25) is 11.8 Å². The van der Waals surface area contributed by atoms with Crippen LogP contribution in [0.4, 0.5) is 0 Å². The molecule has 190 valence electrons. The van der Waals surface area contributed by atoms with Gasteiger partial charge in [-0.05, 0) is 61.6 Å². The number of ether oxygens (including phenoxy) is 3. The highest BCUT2D eigenvalue weighted by Gasteiger charge is 2.28. The monoisotopic (exact) mass is 482 g/mol. The summed E-state index contributed by atoms with van der Waals surface area (Å²) in [5.41, 5.74) is 1.92. The number of hydrogen-bond acceptors (Lipinski definition) is 5. The molecule has 1 atom stereocenters. The summed E-state index contributed by atoms with van der Waals surface area (Å²) in [7, 11) is 4.81. The van der Waals surface area contributed by atoms with Crippen LogP contribution >= 0.6 is 0 Å². The molecule has 1 N–H and O–H groups in total. The van der Waals surface area contributed by atoms with Crippen LogP contribution < -0.4 is 19.5 Å². The Morgan fingerprint density at radius 2 is 1.57 bits per heavy atom. The Bertz CT molecular complexity index is 970. The number of nitrogens with zero attached hydrogens (tertiary/aromatic N) is 1. The minimum absolute atomic E-state index is 0.0677. The van der Waals surface area contributed by atoms with E-state index in [0.29, 0.717) is 24.5 Å². The number of carbonyl (C=O) groups excluding carboxylic acids is 2. The third-order valence-corrected chi connectivity index (χ3v) is 6.71. The van der Waals surface area contributed by atoms with E-state index in [1.807, 2.05) is 49.4 Å². The van der Waals surface area contributed by atoms with E-state index in [0.717, 1.165) is 42.6 Å². The van der Waals surface area contributed by atoms with Crippen molar-refractivity contribution in [2.24, 2.45) is 0 Å². The van der Waals surface area contributed by atoms with Crippen molar-refractivity contribution in [1.29, 1.82) is 0 Å². The highest BCUT2D eigenvalue weighted by atomic mass is 16.5. The largest absolute Gasteiger partial charge is 0.497 e. The Balaban J connectivity index is 1.72. The second-order valence-electron chi connectivity index (χ2n) is 9.08. The molecule has 0 bridgehead atoms. The van der Waals surface area contributed by atoms with E-state index < -0.39 is 6.04 Å². The van der Waals surface area contributed by atoms with Gasteiger partial charge < -0.3 is 24.4 Å². The molecule has 1 fully saturated rings. The molecule has 35 heavy (non-hydrogen) atoms. The van der Waals surface area contributed by atoms with Crippen LogP contribution in [0.3, 0.4) is 0 Å². The number of rotatable bonds is 11. The van der Waals surface area contributed by atoms with Crippen molar-refractivity contribution in [3.63, 3.8) is 0 Å². The van der Waals surface area contributed by atoms with Crippen LogP contribution in [0.25, 0.3) is 0 Å². The van der Waals surface area contributed by atoms with Gasteiger partial charge in [0.25, 0.3) is 0 Å². The van der Waals surface area contributed by atoms with Crippen molar-refractivity contribution in [1.82, 2.24) is 10.2 Å². The van der Waals surface area contributed by atoms with Gasteiger partial charge in [0.1, 0.15) is 11.8 Å². The van der Waals surface area contributed by atoms with Crippen molar-refractivity contribution >= 4 is 11.8 Å². The maximum atomic E-state index is 13.4. The van der Waals surface area contributed by atoms with Gasteiger partial charge in [-0.2, -0.15) is 0 Å². The topological polar surface area (TPSA) is 77.1 Å². The molecule has 3 rings (SSSR count). The molecule has 2 amide bonds. The Morgan fingerprint density at radius 1 is 0.914 bits per heavy atom. The first kappa shape index (κ1) is 26.4. The zero-order valence-corrected chi connectivity index (χ0v) is 21.3. The summed E-state index contributed by atoms with van der Waals surface area (Å²) in [6.07, 6.45) is 6.33. The Hall–Kier alpha value is -3.22. The van der Waals surface area contributed by atoms with Gasteiger partial charge >= 0.3 is 0 Å². The molecule has 0 saturated heterocycles. The van der Waals surface area contributed by atoms with Gasteiger partial charge in [0.15, 0.2) is 11.5 Å². The van der Waals surface area contributed by atoms with Gasteiger partial charge in [-0.1, -0.05) is 37.5 Å². The van der Waals surface area contributed by atoms with Gasteiger partial charge in [0, 0.05) is 19.0 Å². The van der Waals surface area contributed by atoms with Crippen molar-refractivity contribution in [3.05, 3.63) is 53.6 Å². The lowest BCUT2D eigenvalue weighted by Gasteiger charge is -2.31. The Kier molecular flexibility index (Phi) is 9.82. The van der Waals surface area contributed by atoms with Gasteiger partial charge in [-0.3, -0.25) is 9.59 Å². The second kappa shape index (κ2) is 13.0. The molecule has 1 aliphatic rings. The zero-order valence-electron chi connectivity index (χ0n) is 21.3. The summed E-state index contributed by atoms with van der Waals surface area (Å²) in [6, 6.07) is 12.9. The van der Waals surface area contributed by atoms with Gasteiger partial charge in [-0.25, -0.2) is 0 Å².